The Morgan fingerprint density at radius 3 is 2.00 bits per heavy atom. The Labute approximate surface area is 50.0 Å². The zero-order valence-electron chi connectivity index (χ0n) is 5.48. The van der Waals surface area contributed by atoms with Crippen LogP contribution in [-0.4, -0.2) is 13.2 Å². The maximum atomic E-state index is 5.24. The second kappa shape index (κ2) is 1.10. The standard InChI is InChI=1S/C7H12O/c1-7(2)5-3-8-4-6(5)7/h5-6H,3-4H2,1-2H3. The molecule has 2 aliphatic rings. The van der Waals surface area contributed by atoms with Gasteiger partial charge in [0.1, 0.15) is 0 Å². The third-order valence-corrected chi connectivity index (χ3v) is 2.88. The average Bonchev–Trinajstić information content (AvgIpc) is 2.22. The van der Waals surface area contributed by atoms with Crippen molar-refractivity contribution in [3.63, 3.8) is 0 Å². The van der Waals surface area contributed by atoms with Crippen molar-refractivity contribution < 1.29 is 4.74 Å². The molecule has 1 heterocycles. The van der Waals surface area contributed by atoms with Gasteiger partial charge in [-0.1, -0.05) is 13.8 Å². The van der Waals surface area contributed by atoms with Crippen molar-refractivity contribution in [2.45, 2.75) is 13.8 Å². The maximum Gasteiger partial charge on any atom is 0.0503 e. The molecule has 1 saturated carbocycles. The summed E-state index contributed by atoms with van der Waals surface area (Å²) in [5, 5.41) is 0. The summed E-state index contributed by atoms with van der Waals surface area (Å²) in [7, 11) is 0. The van der Waals surface area contributed by atoms with Gasteiger partial charge in [-0.3, -0.25) is 0 Å². The second-order valence-corrected chi connectivity index (χ2v) is 3.57. The van der Waals surface area contributed by atoms with E-state index in [-0.39, 0.29) is 0 Å². The molecule has 0 amide bonds. The molecule has 0 aromatic rings. The lowest BCUT2D eigenvalue weighted by Gasteiger charge is -2.05. The number of hydrogen-bond donors (Lipinski definition) is 0. The first-order valence-corrected chi connectivity index (χ1v) is 3.30. The van der Waals surface area contributed by atoms with Crippen molar-refractivity contribution in [3.8, 4) is 0 Å². The molecule has 0 radical (unpaired) electrons. The molecule has 1 aliphatic heterocycles. The van der Waals surface area contributed by atoms with E-state index in [1.54, 1.807) is 0 Å². The minimum atomic E-state index is 0.637. The summed E-state index contributed by atoms with van der Waals surface area (Å²) in [6.07, 6.45) is 0. The first-order valence-electron chi connectivity index (χ1n) is 3.30. The number of rotatable bonds is 0. The van der Waals surface area contributed by atoms with Gasteiger partial charge in [0.25, 0.3) is 0 Å². The summed E-state index contributed by atoms with van der Waals surface area (Å²) in [6, 6.07) is 0. The molecule has 8 heavy (non-hydrogen) atoms. The smallest absolute Gasteiger partial charge is 0.0503 e. The van der Waals surface area contributed by atoms with Crippen LogP contribution >= 0.6 is 0 Å². The zero-order chi connectivity index (χ0) is 5.78. The van der Waals surface area contributed by atoms with Crippen LogP contribution in [-0.2, 0) is 4.74 Å². The lowest BCUT2D eigenvalue weighted by atomic mass is 10.1. The average molecular weight is 112 g/mol. The molecule has 1 aliphatic carbocycles. The fourth-order valence-electron chi connectivity index (χ4n) is 1.84. The van der Waals surface area contributed by atoms with Gasteiger partial charge in [-0.15, -0.1) is 0 Å². The minimum Gasteiger partial charge on any atom is -0.381 e. The summed E-state index contributed by atoms with van der Waals surface area (Å²) in [5.74, 6) is 1.81. The van der Waals surface area contributed by atoms with Crippen LogP contribution in [0.25, 0.3) is 0 Å². The highest BCUT2D eigenvalue weighted by Gasteiger charge is 2.60. The topological polar surface area (TPSA) is 9.23 Å². The Kier molecular flexibility index (Phi) is 0.663. The van der Waals surface area contributed by atoms with Crippen molar-refractivity contribution in [3.05, 3.63) is 0 Å². The highest BCUT2D eigenvalue weighted by molar-refractivity contribution is 5.07. The van der Waals surface area contributed by atoms with Crippen LogP contribution in [0.5, 0.6) is 0 Å². The summed E-state index contributed by atoms with van der Waals surface area (Å²) in [6.45, 7) is 6.73. The van der Waals surface area contributed by atoms with Crippen molar-refractivity contribution in [2.75, 3.05) is 13.2 Å². The van der Waals surface area contributed by atoms with Crippen molar-refractivity contribution in [1.82, 2.24) is 0 Å². The van der Waals surface area contributed by atoms with Crippen LogP contribution < -0.4 is 0 Å². The molecule has 2 unspecified atom stereocenters. The van der Waals surface area contributed by atoms with Gasteiger partial charge in [-0.25, -0.2) is 0 Å². The second-order valence-electron chi connectivity index (χ2n) is 3.57. The molecule has 0 aromatic heterocycles. The van der Waals surface area contributed by atoms with E-state index in [0.29, 0.717) is 5.41 Å². The largest absolute Gasteiger partial charge is 0.381 e. The van der Waals surface area contributed by atoms with E-state index < -0.39 is 0 Å². The predicted molar refractivity (Wildman–Crippen MR) is 31.6 cm³/mol. The minimum absolute atomic E-state index is 0.637. The Bertz CT molecular complexity index is 106. The van der Waals surface area contributed by atoms with Crippen LogP contribution in [0.3, 0.4) is 0 Å². The highest BCUT2D eigenvalue weighted by Crippen LogP contribution is 2.61. The van der Waals surface area contributed by atoms with Crippen LogP contribution in [0.1, 0.15) is 13.8 Å². The Morgan fingerprint density at radius 2 is 1.75 bits per heavy atom. The van der Waals surface area contributed by atoms with Crippen molar-refractivity contribution in [2.24, 2.45) is 17.3 Å². The van der Waals surface area contributed by atoms with Gasteiger partial charge >= 0.3 is 0 Å². The maximum absolute atomic E-state index is 5.24. The molecule has 0 N–H and O–H groups in total. The van der Waals surface area contributed by atoms with E-state index in [2.05, 4.69) is 13.8 Å². The van der Waals surface area contributed by atoms with E-state index in [9.17, 15) is 0 Å². The fourth-order valence-corrected chi connectivity index (χ4v) is 1.84. The fraction of sp³-hybridized carbons (Fsp3) is 1.00. The monoisotopic (exact) mass is 112 g/mol. The first-order chi connectivity index (χ1) is 3.73. The van der Waals surface area contributed by atoms with Crippen LogP contribution in [0.15, 0.2) is 0 Å². The third kappa shape index (κ3) is 0.368. The Balaban J connectivity index is 2.13. The first kappa shape index (κ1) is 4.80. The molecule has 0 bridgehead atoms. The van der Waals surface area contributed by atoms with Gasteiger partial charge in [0, 0.05) is 0 Å². The quantitative estimate of drug-likeness (QED) is 0.459. The van der Waals surface area contributed by atoms with Gasteiger partial charge < -0.3 is 4.74 Å². The molecule has 2 atom stereocenters. The van der Waals surface area contributed by atoms with Crippen LogP contribution in [0, 0.1) is 17.3 Å². The molecule has 0 spiro atoms. The van der Waals surface area contributed by atoms with Gasteiger partial charge in [0.2, 0.25) is 0 Å². The van der Waals surface area contributed by atoms with Gasteiger partial charge in [0.15, 0.2) is 0 Å². The molecular weight excluding hydrogens is 100 g/mol. The predicted octanol–water partition coefficient (Wildman–Crippen LogP) is 1.29. The normalized spacial score (nSPS) is 48.8. The van der Waals surface area contributed by atoms with Crippen LogP contribution in [0.2, 0.25) is 0 Å². The molecule has 2 fully saturated rings. The Hall–Kier alpha value is -0.0400. The van der Waals surface area contributed by atoms with E-state index in [4.69, 9.17) is 4.74 Å². The lowest BCUT2D eigenvalue weighted by molar-refractivity contribution is 0.134. The molecular formula is C7H12O. The molecule has 1 heteroatoms. The van der Waals surface area contributed by atoms with Crippen LogP contribution in [0.4, 0.5) is 0 Å². The van der Waals surface area contributed by atoms with Gasteiger partial charge in [0.05, 0.1) is 13.2 Å². The lowest BCUT2D eigenvalue weighted by Crippen LogP contribution is -2.03. The van der Waals surface area contributed by atoms with Crippen molar-refractivity contribution >= 4 is 0 Å². The summed E-state index contributed by atoms with van der Waals surface area (Å²) >= 11 is 0. The van der Waals surface area contributed by atoms with Crippen molar-refractivity contribution in [1.29, 1.82) is 0 Å². The highest BCUT2D eigenvalue weighted by atomic mass is 16.5. The van der Waals surface area contributed by atoms with E-state index in [1.165, 1.54) is 0 Å². The SMILES string of the molecule is CC1(C)C2COCC21. The summed E-state index contributed by atoms with van der Waals surface area (Å²) < 4.78 is 5.24. The molecule has 46 valence electrons. The molecule has 0 aromatic carbocycles. The Morgan fingerprint density at radius 1 is 1.25 bits per heavy atom. The summed E-state index contributed by atoms with van der Waals surface area (Å²) in [4.78, 5) is 0. The third-order valence-electron chi connectivity index (χ3n) is 2.88. The van der Waals surface area contributed by atoms with Gasteiger partial charge in [-0.2, -0.15) is 0 Å². The summed E-state index contributed by atoms with van der Waals surface area (Å²) in [5.41, 5.74) is 0.637. The van der Waals surface area contributed by atoms with Gasteiger partial charge in [-0.05, 0) is 17.3 Å². The number of ether oxygens (including phenoxy) is 1. The zero-order valence-corrected chi connectivity index (χ0v) is 5.48. The number of hydrogen-bond acceptors (Lipinski definition) is 1. The van der Waals surface area contributed by atoms with E-state index >= 15 is 0 Å². The van der Waals surface area contributed by atoms with E-state index in [1.807, 2.05) is 0 Å². The van der Waals surface area contributed by atoms with E-state index in [0.717, 1.165) is 25.0 Å². The molecule has 1 nitrogen and oxygen atoms in total. The number of fused-ring (bicyclic) bond motifs is 1. The molecule has 2 rings (SSSR count). The molecule has 1 saturated heterocycles.